The van der Waals surface area contributed by atoms with Crippen LogP contribution in [0.1, 0.15) is 16.7 Å². The standard InChI is InChI=1S/C64H44/c1-5-17-43(18-6-1)45-29-33-49(34-30-45)63-55-27-15-13-25-53(55)61(47-21-9-3-10-22-47)57-39-37-51(41-59(57)63)52-38-40-58-60(42-52)64(50-35-31-46(32-36-50)44-19-7-2-8-20-44)56-28-16-14-26-54(56)62(58)48-23-11-4-12-24-48/h1-42,57,59H. The summed E-state index contributed by atoms with van der Waals surface area (Å²) in [5.41, 5.74) is 17.6. The molecule has 300 valence electrons. The summed E-state index contributed by atoms with van der Waals surface area (Å²) in [5, 5.41) is 7.65. The lowest BCUT2D eigenvalue weighted by Crippen LogP contribution is -2.40. The monoisotopic (exact) mass is 812 g/mol. The molecule has 10 aromatic carbocycles. The maximum absolute atomic E-state index is 2.57. The molecule has 2 atom stereocenters. The van der Waals surface area contributed by atoms with Gasteiger partial charge in [0, 0.05) is 11.8 Å². The highest BCUT2D eigenvalue weighted by Crippen LogP contribution is 2.47. The molecule has 2 aliphatic rings. The first kappa shape index (κ1) is 37.7. The smallest absolute Gasteiger partial charge is 0.0143 e. The molecular formula is C64H44. The van der Waals surface area contributed by atoms with Crippen LogP contribution in [0.2, 0.25) is 0 Å². The fourth-order valence-electron chi connectivity index (χ4n) is 10.6. The van der Waals surface area contributed by atoms with Crippen molar-refractivity contribution >= 4 is 38.3 Å². The maximum Gasteiger partial charge on any atom is 0.0143 e. The molecule has 0 heterocycles. The van der Waals surface area contributed by atoms with Crippen molar-refractivity contribution in [1.82, 2.24) is 0 Å². The third-order valence-corrected chi connectivity index (χ3v) is 13.5. The Labute approximate surface area is 374 Å². The minimum atomic E-state index is 0.116. The average Bonchev–Trinajstić information content (AvgIpc) is 3.38. The Morgan fingerprint density at radius 2 is 0.609 bits per heavy atom. The van der Waals surface area contributed by atoms with Gasteiger partial charge in [0.15, 0.2) is 0 Å². The number of allylic oxidation sites excluding steroid dienone is 4. The van der Waals surface area contributed by atoms with Crippen LogP contribution >= 0.6 is 0 Å². The Morgan fingerprint density at radius 3 is 1.17 bits per heavy atom. The normalized spacial score (nSPS) is 15.5. The van der Waals surface area contributed by atoms with Crippen molar-refractivity contribution in [3.8, 4) is 44.5 Å². The highest BCUT2D eigenvalue weighted by molar-refractivity contribution is 6.22. The molecule has 0 saturated carbocycles. The number of hydrogen-bond acceptors (Lipinski definition) is 0. The molecule has 0 N–H and O–H groups in total. The van der Waals surface area contributed by atoms with Crippen molar-refractivity contribution in [2.24, 2.45) is 11.8 Å². The summed E-state index contributed by atoms with van der Waals surface area (Å²) in [4.78, 5) is 0. The van der Waals surface area contributed by atoms with Gasteiger partial charge in [0.05, 0.1) is 0 Å². The summed E-state index contributed by atoms with van der Waals surface area (Å²) in [7, 11) is 0. The second kappa shape index (κ2) is 16.0. The Kier molecular flexibility index (Phi) is 9.42. The van der Waals surface area contributed by atoms with Crippen molar-refractivity contribution in [2.45, 2.75) is 0 Å². The zero-order chi connectivity index (χ0) is 42.4. The highest BCUT2D eigenvalue weighted by Gasteiger charge is 2.33. The van der Waals surface area contributed by atoms with Crippen molar-refractivity contribution in [3.63, 3.8) is 0 Å². The Morgan fingerprint density at radius 1 is 0.250 bits per heavy atom. The summed E-state index contributed by atoms with van der Waals surface area (Å²) in [5.74, 6) is 0.280. The SMILES string of the molecule is C1=CC2C(c3ccccc3)=c3ccccc3=C(c3ccc(-c4ccccc4)cc3)C2C=C1c1ccc2c(-c3ccccc3)c3ccccc3c(-c3ccc(-c4ccccc4)cc3)c2c1. The highest BCUT2D eigenvalue weighted by atomic mass is 14.4. The van der Waals surface area contributed by atoms with Crippen LogP contribution in [0.3, 0.4) is 0 Å². The third-order valence-electron chi connectivity index (χ3n) is 13.5. The van der Waals surface area contributed by atoms with Crippen LogP contribution in [0.25, 0.3) is 82.8 Å². The van der Waals surface area contributed by atoms with E-state index in [2.05, 4.69) is 255 Å². The van der Waals surface area contributed by atoms with Crippen molar-refractivity contribution in [2.75, 3.05) is 0 Å². The molecule has 0 heteroatoms. The first-order valence-electron chi connectivity index (χ1n) is 22.4. The maximum atomic E-state index is 2.57. The van der Waals surface area contributed by atoms with Gasteiger partial charge in [-0.05, 0) is 116 Å². The van der Waals surface area contributed by atoms with Gasteiger partial charge >= 0.3 is 0 Å². The molecule has 0 spiro atoms. The molecule has 64 heavy (non-hydrogen) atoms. The fourth-order valence-corrected chi connectivity index (χ4v) is 10.6. The van der Waals surface area contributed by atoms with Gasteiger partial charge in [-0.1, -0.05) is 249 Å². The van der Waals surface area contributed by atoms with Crippen LogP contribution in [0.15, 0.2) is 255 Å². The molecule has 2 aliphatic carbocycles. The van der Waals surface area contributed by atoms with Gasteiger partial charge in [0.1, 0.15) is 0 Å². The van der Waals surface area contributed by atoms with Crippen LogP contribution in [-0.2, 0) is 0 Å². The van der Waals surface area contributed by atoms with E-state index in [4.69, 9.17) is 0 Å². The lowest BCUT2D eigenvalue weighted by molar-refractivity contribution is 0.689. The molecule has 0 bridgehead atoms. The molecule has 0 amide bonds. The van der Waals surface area contributed by atoms with Crippen molar-refractivity contribution < 1.29 is 0 Å². The van der Waals surface area contributed by atoms with Crippen molar-refractivity contribution in [1.29, 1.82) is 0 Å². The molecule has 2 unspecified atom stereocenters. The molecular weight excluding hydrogens is 769 g/mol. The number of hydrogen-bond donors (Lipinski definition) is 0. The number of rotatable bonds is 7. The van der Waals surface area contributed by atoms with Crippen molar-refractivity contribution in [3.05, 3.63) is 282 Å². The van der Waals surface area contributed by atoms with Gasteiger partial charge in [-0.15, -0.1) is 0 Å². The first-order chi connectivity index (χ1) is 31.8. The van der Waals surface area contributed by atoms with Crippen LogP contribution in [0, 0.1) is 11.8 Å². The van der Waals surface area contributed by atoms with Crippen LogP contribution < -0.4 is 10.4 Å². The van der Waals surface area contributed by atoms with Gasteiger partial charge in [0.2, 0.25) is 0 Å². The third kappa shape index (κ3) is 6.55. The van der Waals surface area contributed by atoms with Crippen LogP contribution in [-0.4, -0.2) is 0 Å². The number of benzene rings is 10. The molecule has 0 fully saturated rings. The zero-order valence-electron chi connectivity index (χ0n) is 35.4. The summed E-state index contributed by atoms with van der Waals surface area (Å²) in [6.07, 6.45) is 7.45. The van der Waals surface area contributed by atoms with E-state index in [-0.39, 0.29) is 11.8 Å². The molecule has 0 aromatic heterocycles. The van der Waals surface area contributed by atoms with E-state index in [1.807, 2.05) is 0 Å². The second-order valence-electron chi connectivity index (χ2n) is 17.1. The first-order valence-corrected chi connectivity index (χ1v) is 22.4. The predicted molar refractivity (Wildman–Crippen MR) is 271 cm³/mol. The molecule has 0 nitrogen and oxygen atoms in total. The number of fused-ring (bicyclic) bond motifs is 4. The zero-order valence-corrected chi connectivity index (χ0v) is 35.4. The minimum Gasteiger partial charge on any atom is -0.0754 e. The van der Waals surface area contributed by atoms with Crippen LogP contribution in [0.5, 0.6) is 0 Å². The van der Waals surface area contributed by atoms with Crippen LogP contribution in [0.4, 0.5) is 0 Å². The van der Waals surface area contributed by atoms with E-state index in [1.165, 1.54) is 110 Å². The topological polar surface area (TPSA) is 0 Å². The van der Waals surface area contributed by atoms with Gasteiger partial charge < -0.3 is 0 Å². The lowest BCUT2D eigenvalue weighted by atomic mass is 9.68. The molecule has 0 saturated heterocycles. The quantitative estimate of drug-likeness (QED) is 0.141. The molecule has 12 rings (SSSR count). The Hall–Kier alpha value is -8.06. The average molecular weight is 813 g/mol. The van der Waals surface area contributed by atoms with E-state index in [9.17, 15) is 0 Å². The predicted octanol–water partition coefficient (Wildman–Crippen LogP) is 15.0. The van der Waals surface area contributed by atoms with E-state index in [1.54, 1.807) is 0 Å². The Balaban J connectivity index is 1.07. The summed E-state index contributed by atoms with van der Waals surface area (Å²) < 4.78 is 0. The van der Waals surface area contributed by atoms with Gasteiger partial charge in [0.25, 0.3) is 0 Å². The van der Waals surface area contributed by atoms with E-state index in [0.717, 1.165) is 0 Å². The van der Waals surface area contributed by atoms with Gasteiger partial charge in [-0.3, -0.25) is 0 Å². The second-order valence-corrected chi connectivity index (χ2v) is 17.1. The van der Waals surface area contributed by atoms with Gasteiger partial charge in [-0.2, -0.15) is 0 Å². The van der Waals surface area contributed by atoms with E-state index >= 15 is 0 Å². The van der Waals surface area contributed by atoms with E-state index in [0.29, 0.717) is 0 Å². The Bertz CT molecular complexity index is 3540. The fraction of sp³-hybridized carbons (Fsp3) is 0.0312. The molecule has 10 aromatic rings. The summed E-state index contributed by atoms with van der Waals surface area (Å²) in [6.45, 7) is 0. The summed E-state index contributed by atoms with van der Waals surface area (Å²) >= 11 is 0. The largest absolute Gasteiger partial charge is 0.0754 e. The molecule has 0 radical (unpaired) electrons. The molecule has 0 aliphatic heterocycles. The van der Waals surface area contributed by atoms with E-state index < -0.39 is 0 Å². The van der Waals surface area contributed by atoms with Gasteiger partial charge in [-0.25, -0.2) is 0 Å². The minimum absolute atomic E-state index is 0.116. The summed E-state index contributed by atoms with van der Waals surface area (Å²) in [6, 6.07) is 87.0. The lowest BCUT2D eigenvalue weighted by Gasteiger charge is -2.34.